The fraction of sp³-hybridized carbons (Fsp3) is 0. The lowest BCUT2D eigenvalue weighted by Gasteiger charge is -1.91. The fourth-order valence-corrected chi connectivity index (χ4v) is 0.438. The van der Waals surface area contributed by atoms with E-state index in [1.807, 2.05) is 0 Å². The van der Waals surface area contributed by atoms with E-state index in [-0.39, 0.29) is 5.69 Å². The average Bonchev–Trinajstić information content (AvgIpc) is 1.80. The van der Waals surface area contributed by atoms with Gasteiger partial charge in [-0.25, -0.2) is 9.37 Å². The third-order valence-corrected chi connectivity index (χ3v) is 0.833. The Hall–Kier alpha value is -1.19. The normalized spacial score (nSPS) is 9.56. The summed E-state index contributed by atoms with van der Waals surface area (Å²) in [7, 11) is 0. The van der Waals surface area contributed by atoms with Gasteiger partial charge in [0.05, 0.1) is 11.9 Å². The minimum atomic E-state index is -0.837. The molecule has 0 unspecified atom stereocenters. The van der Waals surface area contributed by atoms with E-state index < -0.39 is 11.8 Å². The molecule has 0 bridgehead atoms. The Bertz CT molecular complexity index is 224. The van der Waals surface area contributed by atoms with Gasteiger partial charge >= 0.3 is 0 Å². The van der Waals surface area contributed by atoms with Gasteiger partial charge in [-0.1, -0.05) is 0 Å². The van der Waals surface area contributed by atoms with Crippen LogP contribution in [0.3, 0.4) is 0 Å². The van der Waals surface area contributed by atoms with Crippen molar-refractivity contribution in [2.75, 3.05) is 5.73 Å². The molecule has 0 atom stereocenters. The summed E-state index contributed by atoms with van der Waals surface area (Å²) < 4.78 is 24.1. The van der Waals surface area contributed by atoms with Crippen molar-refractivity contribution in [1.29, 1.82) is 0 Å². The summed E-state index contributed by atoms with van der Waals surface area (Å²) in [6, 6.07) is 0.877. The Morgan fingerprint density at radius 3 is 2.56 bits per heavy atom. The summed E-state index contributed by atoms with van der Waals surface area (Å²) >= 11 is 0. The highest BCUT2D eigenvalue weighted by Gasteiger charge is 1.98. The Balaban J connectivity index is 3.17. The number of halogens is 2. The molecule has 9 heavy (non-hydrogen) atoms. The maximum Gasteiger partial charge on any atom is 0.236 e. The van der Waals surface area contributed by atoms with E-state index in [1.165, 1.54) is 0 Å². The highest BCUT2D eigenvalue weighted by atomic mass is 19.1. The van der Waals surface area contributed by atoms with Gasteiger partial charge in [-0.2, -0.15) is 4.39 Å². The molecule has 0 aromatic carbocycles. The number of nitrogen functional groups attached to an aromatic ring is 1. The van der Waals surface area contributed by atoms with Crippen molar-refractivity contribution in [3.8, 4) is 0 Å². The van der Waals surface area contributed by atoms with Gasteiger partial charge in [0.15, 0.2) is 0 Å². The molecule has 1 aromatic heterocycles. The van der Waals surface area contributed by atoms with Crippen molar-refractivity contribution >= 4 is 5.69 Å². The maximum atomic E-state index is 12.1. The van der Waals surface area contributed by atoms with Crippen molar-refractivity contribution in [3.63, 3.8) is 0 Å². The van der Waals surface area contributed by atoms with Gasteiger partial charge in [0.2, 0.25) is 5.95 Å². The zero-order chi connectivity index (χ0) is 6.85. The van der Waals surface area contributed by atoms with Gasteiger partial charge in [-0.05, 0) is 0 Å². The zero-order valence-corrected chi connectivity index (χ0v) is 4.44. The number of hydrogen-bond acceptors (Lipinski definition) is 2. The highest BCUT2D eigenvalue weighted by Crippen LogP contribution is 2.06. The van der Waals surface area contributed by atoms with Gasteiger partial charge in [-0.15, -0.1) is 0 Å². The summed E-state index contributed by atoms with van der Waals surface area (Å²) in [5, 5.41) is 0. The van der Waals surface area contributed by atoms with Crippen LogP contribution in [0.2, 0.25) is 0 Å². The lowest BCUT2D eigenvalue weighted by atomic mass is 10.4. The second-order valence-electron chi connectivity index (χ2n) is 1.53. The third kappa shape index (κ3) is 1.13. The van der Waals surface area contributed by atoms with Crippen molar-refractivity contribution in [3.05, 3.63) is 24.0 Å². The Morgan fingerprint density at radius 1 is 1.44 bits per heavy atom. The van der Waals surface area contributed by atoms with Crippen molar-refractivity contribution in [2.24, 2.45) is 0 Å². The van der Waals surface area contributed by atoms with E-state index in [2.05, 4.69) is 4.98 Å². The summed E-state index contributed by atoms with van der Waals surface area (Å²) in [5.41, 5.74) is 4.67. The summed E-state index contributed by atoms with van der Waals surface area (Å²) in [4.78, 5) is 3.01. The SMILES string of the molecule is Nc1cc(F)cnc1F. The Kier molecular flexibility index (Phi) is 1.30. The summed E-state index contributed by atoms with van der Waals surface area (Å²) in [5.74, 6) is -1.47. The van der Waals surface area contributed by atoms with Crippen LogP contribution in [-0.2, 0) is 0 Å². The lowest BCUT2D eigenvalue weighted by molar-refractivity contribution is 0.565. The van der Waals surface area contributed by atoms with Crippen LogP contribution in [0.5, 0.6) is 0 Å². The minimum Gasteiger partial charge on any atom is -0.395 e. The highest BCUT2D eigenvalue weighted by molar-refractivity contribution is 5.35. The van der Waals surface area contributed by atoms with Crippen molar-refractivity contribution < 1.29 is 8.78 Å². The molecule has 1 rings (SSSR count). The van der Waals surface area contributed by atoms with Gasteiger partial charge in [0.1, 0.15) is 5.82 Å². The van der Waals surface area contributed by atoms with Crippen LogP contribution in [-0.4, -0.2) is 4.98 Å². The Morgan fingerprint density at radius 2 is 2.11 bits per heavy atom. The molecule has 0 radical (unpaired) electrons. The molecule has 0 spiro atoms. The first-order chi connectivity index (χ1) is 4.20. The van der Waals surface area contributed by atoms with E-state index >= 15 is 0 Å². The van der Waals surface area contributed by atoms with E-state index in [0.29, 0.717) is 0 Å². The first kappa shape index (κ1) is 5.94. The standard InChI is InChI=1S/C5H4F2N2/c6-3-1-4(8)5(7)9-2-3/h1-2H,8H2. The van der Waals surface area contributed by atoms with E-state index in [1.54, 1.807) is 0 Å². The Labute approximate surface area is 50.3 Å². The van der Waals surface area contributed by atoms with Crippen LogP contribution in [0.1, 0.15) is 0 Å². The van der Waals surface area contributed by atoms with Gasteiger partial charge in [0, 0.05) is 6.07 Å². The van der Waals surface area contributed by atoms with Crippen LogP contribution in [0, 0.1) is 11.8 Å². The first-order valence-corrected chi connectivity index (χ1v) is 2.26. The molecule has 0 aliphatic carbocycles. The van der Waals surface area contributed by atoms with Crippen LogP contribution >= 0.6 is 0 Å². The molecular formula is C5H4F2N2. The molecule has 48 valence electrons. The molecule has 0 aliphatic rings. The molecule has 0 fully saturated rings. The molecule has 2 nitrogen and oxygen atoms in total. The number of nitrogens with zero attached hydrogens (tertiary/aromatic N) is 1. The van der Waals surface area contributed by atoms with Crippen LogP contribution in [0.15, 0.2) is 12.3 Å². The number of rotatable bonds is 0. The number of aromatic nitrogens is 1. The average molecular weight is 130 g/mol. The van der Waals surface area contributed by atoms with E-state index in [4.69, 9.17) is 5.73 Å². The van der Waals surface area contributed by atoms with Crippen LogP contribution in [0.25, 0.3) is 0 Å². The molecular weight excluding hydrogens is 126 g/mol. The molecule has 0 saturated carbocycles. The quantitative estimate of drug-likeness (QED) is 0.531. The van der Waals surface area contributed by atoms with Crippen LogP contribution < -0.4 is 5.73 Å². The fourth-order valence-electron chi connectivity index (χ4n) is 0.438. The largest absolute Gasteiger partial charge is 0.395 e. The van der Waals surface area contributed by atoms with Gasteiger partial charge in [-0.3, -0.25) is 0 Å². The number of hydrogen-bond donors (Lipinski definition) is 1. The second kappa shape index (κ2) is 1.97. The number of nitrogens with two attached hydrogens (primary N) is 1. The molecule has 0 amide bonds. The summed E-state index contributed by atoms with van der Waals surface area (Å²) in [6.45, 7) is 0. The molecule has 0 aliphatic heterocycles. The molecule has 0 saturated heterocycles. The lowest BCUT2D eigenvalue weighted by Crippen LogP contribution is -1.93. The van der Waals surface area contributed by atoms with Crippen molar-refractivity contribution in [1.82, 2.24) is 4.98 Å². The zero-order valence-electron chi connectivity index (χ0n) is 4.44. The van der Waals surface area contributed by atoms with Gasteiger partial charge in [0.25, 0.3) is 0 Å². The predicted octanol–water partition coefficient (Wildman–Crippen LogP) is 0.942. The minimum absolute atomic E-state index is 0.269. The maximum absolute atomic E-state index is 12.1. The van der Waals surface area contributed by atoms with E-state index in [9.17, 15) is 8.78 Å². The predicted molar refractivity (Wildman–Crippen MR) is 28.6 cm³/mol. The number of anilines is 1. The molecule has 1 aromatic rings. The summed E-state index contributed by atoms with van der Waals surface area (Å²) in [6.07, 6.45) is 0.770. The molecule has 4 heteroatoms. The van der Waals surface area contributed by atoms with E-state index in [0.717, 1.165) is 12.3 Å². The third-order valence-electron chi connectivity index (χ3n) is 0.833. The van der Waals surface area contributed by atoms with Crippen molar-refractivity contribution in [2.45, 2.75) is 0 Å². The molecule has 2 N–H and O–H groups in total. The monoisotopic (exact) mass is 130 g/mol. The number of pyridine rings is 1. The smallest absolute Gasteiger partial charge is 0.236 e. The molecule has 1 heterocycles. The first-order valence-electron chi connectivity index (χ1n) is 2.26. The van der Waals surface area contributed by atoms with Crippen LogP contribution in [0.4, 0.5) is 14.5 Å². The topological polar surface area (TPSA) is 38.9 Å². The van der Waals surface area contributed by atoms with Gasteiger partial charge < -0.3 is 5.73 Å². The second-order valence-corrected chi connectivity index (χ2v) is 1.53.